The topological polar surface area (TPSA) is 107 Å². The summed E-state index contributed by atoms with van der Waals surface area (Å²) in [6.07, 6.45) is 1.10. The Morgan fingerprint density at radius 1 is 1.11 bits per heavy atom. The Hall–Kier alpha value is -3.14. The molecule has 0 rings (SSSR count). The molecule has 0 unspecified atom stereocenters. The van der Waals surface area contributed by atoms with Gasteiger partial charge in [-0.3, -0.25) is 4.79 Å². The molecule has 0 saturated carbocycles. The molecule has 0 atom stereocenters. The zero-order valence-corrected chi connectivity index (χ0v) is 25.7. The van der Waals surface area contributed by atoms with Crippen LogP contribution in [0.3, 0.4) is 0 Å². The number of ether oxygens (including phenoxy) is 1. The van der Waals surface area contributed by atoms with E-state index in [0.717, 1.165) is 13.0 Å². The molecule has 6 nitrogen and oxygen atoms in total. The summed E-state index contributed by atoms with van der Waals surface area (Å²) in [7, 11) is 2.77. The smallest absolute Gasteiger partial charge is 0.365 e. The van der Waals surface area contributed by atoms with E-state index in [0.29, 0.717) is 0 Å². The largest absolute Gasteiger partial charge is 0.633 e. The van der Waals surface area contributed by atoms with Crippen molar-refractivity contribution in [2.75, 3.05) is 19.6 Å². The molecule has 0 radical (unpaired) electrons. The first-order valence-electron chi connectivity index (χ1n) is 4.28. The molecule has 0 aromatic carbocycles. The van der Waals surface area contributed by atoms with Crippen LogP contribution in [0.15, 0.2) is 0 Å². The van der Waals surface area contributed by atoms with E-state index in [1.54, 1.807) is 0 Å². The summed E-state index contributed by atoms with van der Waals surface area (Å²) >= 11 is 0. The summed E-state index contributed by atoms with van der Waals surface area (Å²) in [5.41, 5.74) is 10.1. The van der Waals surface area contributed by atoms with E-state index in [2.05, 4.69) is 24.1 Å². The summed E-state index contributed by atoms with van der Waals surface area (Å²) in [6.45, 7) is 3.42. The van der Waals surface area contributed by atoms with Crippen LogP contribution in [-0.2, 0) is 14.3 Å². The van der Waals surface area contributed by atoms with Gasteiger partial charge in [-0.25, -0.2) is 4.79 Å². The molecule has 5 N–H and O–H groups in total. The third-order valence-corrected chi connectivity index (χ3v) is 1.04. The van der Waals surface area contributed by atoms with Crippen molar-refractivity contribution in [3.8, 4) is 0 Å². The molecule has 0 saturated heterocycles. The predicted molar refractivity (Wildman–Crippen MR) is 72.1 cm³/mol. The number of carbonyl (C=O) groups excluding carboxylic acids is 2. The Morgan fingerprint density at radius 3 is 1.68 bits per heavy atom. The van der Waals surface area contributed by atoms with E-state index < -0.39 is 11.9 Å². The van der Waals surface area contributed by atoms with Crippen LogP contribution in [0.5, 0.6) is 0 Å². The van der Waals surface area contributed by atoms with Gasteiger partial charge in [0.15, 0.2) is 0 Å². The van der Waals surface area contributed by atoms with Crippen LogP contribution in [0.1, 0.15) is 13.3 Å². The summed E-state index contributed by atoms with van der Waals surface area (Å²) < 4.78 is 3.87. The number of nitrogens with two attached hydrogens (primary N) is 2. The maximum Gasteiger partial charge on any atom is 0.365 e. The Bertz CT molecular complexity index is 171. The van der Waals surface area contributed by atoms with E-state index in [4.69, 9.17) is 11.5 Å². The normalized spacial score (nSPS) is 6.11. The van der Waals surface area contributed by atoms with Gasteiger partial charge in [-0.05, 0) is 13.0 Å². The van der Waals surface area contributed by atoms with Crippen molar-refractivity contribution < 1.29 is 14.3 Å². The van der Waals surface area contributed by atoms with Crippen molar-refractivity contribution in [3.63, 3.8) is 0 Å². The Labute approximate surface area is 106 Å². The second-order valence-electron chi connectivity index (χ2n) is 2.27. The maximum absolute atomic E-state index is 10.5. The average molecular weight is 785 g/mol. The van der Waals surface area contributed by atoms with Gasteiger partial charge in [-0.15, -0.1) is 0 Å². The van der Waals surface area contributed by atoms with Crippen LogP contribution in [0.4, 0.5) is 0 Å². The molecule has 0 spiro atoms. The molecule has 19 heavy (non-hydrogen) atoms. The summed E-state index contributed by atoms with van der Waals surface area (Å²) in [5, 5.41) is 2.20. The second-order valence-corrected chi connectivity index (χ2v) is 2.27. The van der Waals surface area contributed by atoms with E-state index in [1.807, 2.05) is 0 Å². The average Bonchev–Trinajstić information content (AvgIpc) is 2.24. The number of carbonyl (C=O) groups is 2. The standard InChI is InChI=1S/C5H9N2O3.C3H9N.3CH3.2Db/c1-10-5(9)4(8)7-3-2-6;1-2-3-4;;;;;/h1-3,6H2,(H,7,8);2-4H2,1H3;3*1H3;;/q-1;;3*-1;;. The van der Waals surface area contributed by atoms with Crippen LogP contribution in [-0.4, -0.2) is 31.5 Å². The van der Waals surface area contributed by atoms with Crippen LogP contribution >= 0.6 is 0 Å². The number of nitrogens with one attached hydrogen (secondary N) is 1. The zero-order chi connectivity index (χ0) is 11.4. The predicted octanol–water partition coefficient (Wildman–Crippen LogP) is 0.102. The first-order valence-corrected chi connectivity index (χ1v) is 4.28. The van der Waals surface area contributed by atoms with Gasteiger partial charge < -0.3 is 43.8 Å². The summed E-state index contributed by atoms with van der Waals surface area (Å²) in [6, 6.07) is 0. The van der Waals surface area contributed by atoms with Gasteiger partial charge in [0.05, 0.1) is 0 Å². The quantitative estimate of drug-likeness (QED) is 0.214. The van der Waals surface area contributed by atoms with Gasteiger partial charge in [0.25, 0.3) is 0 Å². The van der Waals surface area contributed by atoms with Crippen molar-refractivity contribution in [1.29, 1.82) is 0 Å². The van der Waals surface area contributed by atoms with Crippen LogP contribution in [0, 0.1) is 29.4 Å². The molecular weight excluding hydrogens is 758 g/mol. The molecule has 8 heteroatoms. The fraction of sp³-hybridized carbons (Fsp3) is 0.455. The minimum atomic E-state index is -1.01. The Morgan fingerprint density at radius 2 is 1.47 bits per heavy atom. The van der Waals surface area contributed by atoms with Crippen molar-refractivity contribution in [3.05, 3.63) is 29.4 Å². The van der Waals surface area contributed by atoms with Crippen molar-refractivity contribution in [2.24, 2.45) is 11.5 Å². The van der Waals surface area contributed by atoms with Crippen molar-refractivity contribution in [2.45, 2.75) is 13.3 Å². The minimum Gasteiger partial charge on any atom is -0.633 e. The van der Waals surface area contributed by atoms with Gasteiger partial charge in [0, 0.05) is 13.1 Å². The first kappa shape index (κ1) is 44.6. The third kappa shape index (κ3) is 39.8. The number of hydrogen-bond acceptors (Lipinski definition) is 5. The van der Waals surface area contributed by atoms with Crippen molar-refractivity contribution in [1.82, 2.24) is 5.32 Å². The number of rotatable bonds is 3. The second kappa shape index (κ2) is 36.4. The molecule has 0 aliphatic rings. The van der Waals surface area contributed by atoms with E-state index >= 15 is 0 Å². The van der Waals surface area contributed by atoms with Gasteiger partial charge in [0.2, 0.25) is 0 Å². The number of hydrogen-bond donors (Lipinski definition) is 3. The minimum absolute atomic E-state index is 0. The van der Waals surface area contributed by atoms with Crippen LogP contribution < -0.4 is 16.8 Å². The van der Waals surface area contributed by atoms with Gasteiger partial charge in [-0.2, -0.15) is 7.11 Å². The molecule has 0 bridgehead atoms. The molecule has 0 heterocycles. The van der Waals surface area contributed by atoms with Crippen LogP contribution in [0.2, 0.25) is 0 Å². The fourth-order valence-electron chi connectivity index (χ4n) is 0.323. The van der Waals surface area contributed by atoms with E-state index in [1.165, 1.54) is 0 Å². The molecule has 0 aromatic heterocycles. The monoisotopic (exact) mass is 785 g/mol. The Kier molecular flexibility index (Phi) is 85.4. The summed E-state index contributed by atoms with van der Waals surface area (Å²) in [4.78, 5) is 20.7. The number of amides is 1. The molecule has 0 aliphatic carbocycles. The molecule has 0 aliphatic heterocycles. The van der Waals surface area contributed by atoms with E-state index in [9.17, 15) is 9.59 Å². The third-order valence-electron chi connectivity index (χ3n) is 1.04. The maximum atomic E-state index is 10.5. The SMILES string of the molecule is CCCN.[CH2-]OC(=O)C(=O)NCCN.[CH3-].[CH3-].[CH3-].[Db].[Db]. The summed E-state index contributed by atoms with van der Waals surface area (Å²) in [5.74, 6) is -1.83. The van der Waals surface area contributed by atoms with Crippen LogP contribution in [0.25, 0.3) is 0 Å². The molecule has 0 aromatic rings. The zero-order valence-electron chi connectivity index (χ0n) is 12.8. The number of esters is 1. The molecule has 112 valence electrons. The van der Waals surface area contributed by atoms with Crippen molar-refractivity contribution >= 4 is 11.9 Å². The fourth-order valence-corrected chi connectivity index (χ4v) is 0.323. The molecule has 1 amide bonds. The molecular formula is C11H27Db2N3O3-4. The van der Waals surface area contributed by atoms with Gasteiger partial charge >= 0.3 is 11.9 Å². The van der Waals surface area contributed by atoms with Gasteiger partial charge in [-0.1, -0.05) is 6.92 Å². The Balaban J connectivity index is -0.0000000288. The molecule has 0 fully saturated rings. The van der Waals surface area contributed by atoms with Gasteiger partial charge in [0.1, 0.15) is 0 Å². The van der Waals surface area contributed by atoms with E-state index in [-0.39, 0.29) is 35.4 Å². The first-order chi connectivity index (χ1) is 6.63.